The molecule has 2 aliphatic rings. The lowest BCUT2D eigenvalue weighted by atomic mass is 10.0. The van der Waals surface area contributed by atoms with E-state index in [4.69, 9.17) is 13.8 Å². The van der Waals surface area contributed by atoms with E-state index in [-0.39, 0.29) is 19.1 Å². The van der Waals surface area contributed by atoms with E-state index in [9.17, 15) is 9.36 Å². The smallest absolute Gasteiger partial charge is 0.337 e. The molecule has 1 spiro atoms. The second kappa shape index (κ2) is 4.92. The fourth-order valence-corrected chi connectivity index (χ4v) is 4.92. The zero-order chi connectivity index (χ0) is 15.3. The van der Waals surface area contributed by atoms with Gasteiger partial charge in [-0.3, -0.25) is 9.36 Å². The van der Waals surface area contributed by atoms with Crippen molar-refractivity contribution in [3.8, 4) is 0 Å². The van der Waals surface area contributed by atoms with Crippen LogP contribution < -0.4 is 4.90 Å². The highest BCUT2D eigenvalue weighted by Gasteiger charge is 2.76. The molecule has 6 nitrogen and oxygen atoms in total. The maximum atomic E-state index is 12.9. The Morgan fingerprint density at radius 3 is 2.52 bits per heavy atom. The second-order valence-electron chi connectivity index (χ2n) is 4.96. The molecule has 0 bridgehead atoms. The molecular weight excluding hydrogens is 293 g/mol. The van der Waals surface area contributed by atoms with Gasteiger partial charge in [0.15, 0.2) is 0 Å². The molecule has 0 aliphatic carbocycles. The first kappa shape index (κ1) is 14.7. The monoisotopic (exact) mass is 311 g/mol. The lowest BCUT2D eigenvalue weighted by molar-refractivity contribution is -0.122. The molecule has 7 heteroatoms. The minimum Gasteiger partial charge on any atom is -0.337 e. The Balaban J connectivity index is 2.02. The van der Waals surface area contributed by atoms with E-state index in [0.29, 0.717) is 0 Å². The van der Waals surface area contributed by atoms with Gasteiger partial charge in [0, 0.05) is 12.6 Å². The van der Waals surface area contributed by atoms with Gasteiger partial charge in [0.2, 0.25) is 11.4 Å². The summed E-state index contributed by atoms with van der Waals surface area (Å²) in [5.41, 5.74) is 0.275. The quantitative estimate of drug-likeness (QED) is 0.617. The van der Waals surface area contributed by atoms with Crippen LogP contribution in [0.15, 0.2) is 24.3 Å². The van der Waals surface area contributed by atoms with Crippen LogP contribution in [0, 0.1) is 0 Å². The molecule has 0 unspecified atom stereocenters. The van der Waals surface area contributed by atoms with Gasteiger partial charge in [-0.05, 0) is 19.9 Å². The Hall–Kier alpha value is -1.20. The topological polar surface area (TPSA) is 68.4 Å². The summed E-state index contributed by atoms with van der Waals surface area (Å²) in [4.78, 5) is 14.1. The van der Waals surface area contributed by atoms with Gasteiger partial charge in [0.1, 0.15) is 0 Å². The number of carbonyl (C=O) groups excluding carboxylic acids is 1. The van der Waals surface area contributed by atoms with E-state index < -0.39 is 19.0 Å². The number of benzene rings is 1. The van der Waals surface area contributed by atoms with Crippen molar-refractivity contribution in [3.63, 3.8) is 0 Å². The summed E-state index contributed by atoms with van der Waals surface area (Å²) in [5.74, 6) is -1.10. The lowest BCUT2D eigenvalue weighted by Gasteiger charge is -2.16. The van der Waals surface area contributed by atoms with Crippen LogP contribution in [-0.2, 0) is 28.7 Å². The molecule has 1 saturated heterocycles. The molecule has 1 amide bonds. The molecule has 2 atom stereocenters. The van der Waals surface area contributed by atoms with E-state index in [1.54, 1.807) is 20.9 Å². The minimum atomic E-state index is -3.48. The lowest BCUT2D eigenvalue weighted by Crippen LogP contribution is -2.31. The standard InChI is InChI=1S/C14H18NO5P/c1-4-18-21(17,19-5-2)13-14(20-13)10-8-6-7-9-11(10)15(3)12(14)16/h6-9,13H,4-5H2,1-3H3/t13-,14-/m1/s1. The van der Waals surface area contributed by atoms with Crippen molar-refractivity contribution in [3.05, 3.63) is 29.8 Å². The number of epoxide rings is 1. The van der Waals surface area contributed by atoms with Crippen LogP contribution >= 0.6 is 7.60 Å². The number of rotatable bonds is 5. The third-order valence-corrected chi connectivity index (χ3v) is 6.06. The third-order valence-electron chi connectivity index (χ3n) is 3.78. The highest BCUT2D eigenvalue weighted by Crippen LogP contribution is 2.71. The van der Waals surface area contributed by atoms with Crippen molar-refractivity contribution in [2.45, 2.75) is 25.3 Å². The first-order valence-corrected chi connectivity index (χ1v) is 8.56. The van der Waals surface area contributed by atoms with Crippen LogP contribution in [0.25, 0.3) is 0 Å². The molecule has 0 aromatic heterocycles. The maximum absolute atomic E-state index is 12.9. The Labute approximate surface area is 123 Å². The summed E-state index contributed by atoms with van der Waals surface area (Å²) in [6, 6.07) is 7.34. The van der Waals surface area contributed by atoms with Crippen molar-refractivity contribution in [1.82, 2.24) is 0 Å². The summed E-state index contributed by atoms with van der Waals surface area (Å²) in [6.07, 6.45) is 0. The predicted octanol–water partition coefficient (Wildman–Crippen LogP) is 2.48. The first-order valence-electron chi connectivity index (χ1n) is 6.95. The summed E-state index contributed by atoms with van der Waals surface area (Å²) in [7, 11) is -1.80. The average molecular weight is 311 g/mol. The van der Waals surface area contributed by atoms with Gasteiger partial charge in [0.25, 0.3) is 5.91 Å². The van der Waals surface area contributed by atoms with E-state index in [1.807, 2.05) is 24.3 Å². The number of amides is 1. The van der Waals surface area contributed by atoms with Gasteiger partial charge >= 0.3 is 7.60 Å². The molecule has 21 heavy (non-hydrogen) atoms. The Morgan fingerprint density at radius 2 is 1.90 bits per heavy atom. The summed E-state index contributed by atoms with van der Waals surface area (Å²) in [6.45, 7) is 3.94. The van der Waals surface area contributed by atoms with Crippen LogP contribution in [-0.4, -0.2) is 32.0 Å². The molecular formula is C14H18NO5P. The zero-order valence-corrected chi connectivity index (χ0v) is 13.1. The second-order valence-corrected chi connectivity index (χ2v) is 7.03. The van der Waals surface area contributed by atoms with Gasteiger partial charge in [-0.25, -0.2) is 0 Å². The summed E-state index contributed by atoms with van der Waals surface area (Å²) < 4.78 is 29.1. The summed E-state index contributed by atoms with van der Waals surface area (Å²) in [5, 5.41) is 0. The minimum absolute atomic E-state index is 0.228. The molecule has 2 aliphatic heterocycles. The molecule has 1 aromatic carbocycles. The van der Waals surface area contributed by atoms with E-state index in [0.717, 1.165) is 11.3 Å². The fourth-order valence-electron chi connectivity index (χ4n) is 2.87. The molecule has 114 valence electrons. The van der Waals surface area contributed by atoms with Crippen molar-refractivity contribution in [2.24, 2.45) is 0 Å². The Bertz CT molecular complexity index is 624. The number of anilines is 1. The molecule has 0 N–H and O–H groups in total. The molecule has 3 rings (SSSR count). The highest BCUT2D eigenvalue weighted by molar-refractivity contribution is 7.55. The van der Waals surface area contributed by atoms with Crippen molar-refractivity contribution < 1.29 is 23.1 Å². The van der Waals surface area contributed by atoms with Crippen LogP contribution in [0.1, 0.15) is 19.4 Å². The molecule has 1 fully saturated rings. The van der Waals surface area contributed by atoms with Gasteiger partial charge in [0.05, 0.1) is 18.9 Å². The van der Waals surface area contributed by atoms with Crippen molar-refractivity contribution in [2.75, 3.05) is 25.2 Å². The third kappa shape index (κ3) is 1.90. The summed E-state index contributed by atoms with van der Waals surface area (Å²) >= 11 is 0. The van der Waals surface area contributed by atoms with E-state index in [1.165, 1.54) is 4.90 Å². The number of fused-ring (bicyclic) bond motifs is 2. The fraction of sp³-hybridized carbons (Fsp3) is 0.500. The molecule has 1 aromatic rings. The van der Waals surface area contributed by atoms with E-state index in [2.05, 4.69) is 0 Å². The number of hydrogen-bond acceptors (Lipinski definition) is 5. The van der Waals surface area contributed by atoms with Crippen LogP contribution in [0.2, 0.25) is 0 Å². The zero-order valence-electron chi connectivity index (χ0n) is 12.2. The number of para-hydroxylation sites is 1. The maximum Gasteiger partial charge on any atom is 0.363 e. The number of nitrogens with zero attached hydrogens (tertiary/aromatic N) is 1. The van der Waals surface area contributed by atoms with Crippen LogP contribution in [0.4, 0.5) is 5.69 Å². The number of likely N-dealkylation sites (N-methyl/N-ethyl adjacent to an activating group) is 1. The largest absolute Gasteiger partial charge is 0.363 e. The number of carbonyl (C=O) groups is 1. The van der Waals surface area contributed by atoms with Crippen molar-refractivity contribution >= 4 is 19.2 Å². The van der Waals surface area contributed by atoms with Gasteiger partial charge < -0.3 is 18.7 Å². The SMILES string of the molecule is CCOP(=O)(OCC)[C@H]1O[C@]12C(=O)N(C)c1ccccc12. The number of hydrogen-bond donors (Lipinski definition) is 0. The predicted molar refractivity (Wildman–Crippen MR) is 77.3 cm³/mol. The molecule has 0 saturated carbocycles. The van der Waals surface area contributed by atoms with Crippen LogP contribution in [0.5, 0.6) is 0 Å². The van der Waals surface area contributed by atoms with E-state index >= 15 is 0 Å². The van der Waals surface area contributed by atoms with Crippen LogP contribution in [0.3, 0.4) is 0 Å². The average Bonchev–Trinajstić information content (AvgIpc) is 3.19. The highest BCUT2D eigenvalue weighted by atomic mass is 31.2. The normalized spacial score (nSPS) is 27.3. The van der Waals surface area contributed by atoms with Crippen molar-refractivity contribution in [1.29, 1.82) is 0 Å². The number of ether oxygens (including phenoxy) is 1. The van der Waals surface area contributed by atoms with Gasteiger partial charge in [-0.1, -0.05) is 18.2 Å². The van der Waals surface area contributed by atoms with Gasteiger partial charge in [-0.15, -0.1) is 0 Å². The Kier molecular flexibility index (Phi) is 3.45. The first-order chi connectivity index (χ1) is 10.0. The molecule has 0 radical (unpaired) electrons. The van der Waals surface area contributed by atoms with Gasteiger partial charge in [-0.2, -0.15) is 0 Å². The molecule has 2 heterocycles. The Morgan fingerprint density at radius 1 is 1.29 bits per heavy atom.